The molecule has 4 N–H and O–H groups in total. The fraction of sp³-hybridized carbons (Fsp3) is 0.400. The summed E-state index contributed by atoms with van der Waals surface area (Å²) in [5.41, 5.74) is 6.98. The number of aliphatic hydroxyl groups is 1. The van der Waals surface area contributed by atoms with Crippen LogP contribution in [-0.2, 0) is 0 Å². The number of phenolic OH excluding ortho intramolecular Hbond substituents is 1. The van der Waals surface area contributed by atoms with Crippen LogP contribution in [0.15, 0.2) is 12.1 Å². The SMILES string of the molecule is Cl.N[C@@H](CCCO)c1cc(I)c(O)c(I)c1. The average Bonchev–Trinajstić information content (AvgIpc) is 2.21. The van der Waals surface area contributed by atoms with Gasteiger partial charge in [-0.05, 0) is 75.7 Å². The summed E-state index contributed by atoms with van der Waals surface area (Å²) in [5, 5.41) is 18.3. The zero-order valence-corrected chi connectivity index (χ0v) is 13.6. The van der Waals surface area contributed by atoms with Gasteiger partial charge in [-0.15, -0.1) is 12.4 Å². The zero-order chi connectivity index (χ0) is 11.4. The highest BCUT2D eigenvalue weighted by atomic mass is 127. The highest BCUT2D eigenvalue weighted by molar-refractivity contribution is 14.1. The van der Waals surface area contributed by atoms with E-state index in [4.69, 9.17) is 10.8 Å². The van der Waals surface area contributed by atoms with Gasteiger partial charge in [0, 0.05) is 12.6 Å². The first kappa shape index (κ1) is 16.7. The number of halogens is 3. The number of phenols is 1. The van der Waals surface area contributed by atoms with Gasteiger partial charge in [-0.1, -0.05) is 0 Å². The summed E-state index contributed by atoms with van der Waals surface area (Å²) in [6.45, 7) is 0.167. The van der Waals surface area contributed by atoms with Gasteiger partial charge < -0.3 is 15.9 Å². The molecule has 16 heavy (non-hydrogen) atoms. The third-order valence-corrected chi connectivity index (χ3v) is 3.79. The van der Waals surface area contributed by atoms with Gasteiger partial charge >= 0.3 is 0 Å². The minimum Gasteiger partial charge on any atom is -0.506 e. The molecule has 6 heteroatoms. The van der Waals surface area contributed by atoms with Gasteiger partial charge in [0.2, 0.25) is 0 Å². The topological polar surface area (TPSA) is 66.5 Å². The molecule has 92 valence electrons. The molecule has 0 heterocycles. The highest BCUT2D eigenvalue weighted by Crippen LogP contribution is 2.30. The lowest BCUT2D eigenvalue weighted by atomic mass is 10.0. The summed E-state index contributed by atoms with van der Waals surface area (Å²) in [7, 11) is 0. The number of rotatable bonds is 4. The molecule has 1 aromatic carbocycles. The predicted octanol–water partition coefficient (Wildman–Crippen LogP) is 2.80. The molecule has 1 atom stereocenters. The lowest BCUT2D eigenvalue weighted by Gasteiger charge is -2.13. The number of hydrogen-bond donors (Lipinski definition) is 3. The van der Waals surface area contributed by atoms with Gasteiger partial charge in [0.25, 0.3) is 0 Å². The van der Waals surface area contributed by atoms with E-state index in [1.54, 1.807) is 0 Å². The molecule has 0 saturated carbocycles. The largest absolute Gasteiger partial charge is 0.506 e. The van der Waals surface area contributed by atoms with E-state index in [1.807, 2.05) is 12.1 Å². The molecule has 0 radical (unpaired) electrons. The zero-order valence-electron chi connectivity index (χ0n) is 8.49. The van der Waals surface area contributed by atoms with Crippen molar-refractivity contribution in [3.8, 4) is 5.75 Å². The van der Waals surface area contributed by atoms with Crippen LogP contribution in [0.1, 0.15) is 24.4 Å². The van der Waals surface area contributed by atoms with E-state index in [2.05, 4.69) is 45.2 Å². The summed E-state index contributed by atoms with van der Waals surface area (Å²) in [6.07, 6.45) is 1.46. The minimum absolute atomic E-state index is 0. The molecule has 0 spiro atoms. The van der Waals surface area contributed by atoms with Crippen LogP contribution in [0.25, 0.3) is 0 Å². The van der Waals surface area contributed by atoms with Crippen LogP contribution in [0.3, 0.4) is 0 Å². The van der Waals surface area contributed by atoms with Crippen LogP contribution in [-0.4, -0.2) is 16.8 Å². The maximum atomic E-state index is 9.59. The van der Waals surface area contributed by atoms with Crippen LogP contribution >= 0.6 is 57.6 Å². The molecule has 0 aliphatic rings. The van der Waals surface area contributed by atoms with Gasteiger partial charge in [0.05, 0.1) is 7.14 Å². The molecule has 0 unspecified atom stereocenters. The lowest BCUT2D eigenvalue weighted by Crippen LogP contribution is -2.11. The third kappa shape index (κ3) is 4.52. The molecule has 0 aliphatic carbocycles. The van der Waals surface area contributed by atoms with Crippen LogP contribution < -0.4 is 5.73 Å². The van der Waals surface area contributed by atoms with E-state index in [-0.39, 0.29) is 25.1 Å². The molecule has 0 aliphatic heterocycles. The van der Waals surface area contributed by atoms with Crippen molar-refractivity contribution in [3.63, 3.8) is 0 Å². The standard InChI is InChI=1S/C10H13I2NO2.ClH/c11-7-4-6(5-8(12)10(7)15)9(13)2-1-3-14;/h4-5,9,14-15H,1-3,13H2;1H/t9-;/m0./s1. The fourth-order valence-electron chi connectivity index (χ4n) is 1.28. The van der Waals surface area contributed by atoms with E-state index >= 15 is 0 Å². The van der Waals surface area contributed by atoms with E-state index in [1.165, 1.54) is 0 Å². The Kier molecular flexibility index (Phi) is 8.25. The normalized spacial score (nSPS) is 12.0. The van der Waals surface area contributed by atoms with Crippen LogP contribution in [0, 0.1) is 7.14 Å². The molecule has 0 saturated heterocycles. The van der Waals surface area contributed by atoms with Crippen molar-refractivity contribution in [2.45, 2.75) is 18.9 Å². The smallest absolute Gasteiger partial charge is 0.142 e. The van der Waals surface area contributed by atoms with Crippen molar-refractivity contribution in [2.75, 3.05) is 6.61 Å². The second kappa shape index (κ2) is 7.91. The van der Waals surface area contributed by atoms with Crippen LogP contribution in [0.4, 0.5) is 0 Å². The van der Waals surface area contributed by atoms with Crippen molar-refractivity contribution in [1.82, 2.24) is 0 Å². The van der Waals surface area contributed by atoms with E-state index < -0.39 is 0 Å². The van der Waals surface area contributed by atoms with E-state index in [9.17, 15) is 5.11 Å². The van der Waals surface area contributed by atoms with Crippen molar-refractivity contribution in [2.24, 2.45) is 5.73 Å². The number of nitrogens with two attached hydrogens (primary N) is 1. The molecule has 0 aromatic heterocycles. The number of aliphatic hydroxyl groups excluding tert-OH is 1. The van der Waals surface area contributed by atoms with Gasteiger partial charge in [0.1, 0.15) is 5.75 Å². The fourth-order valence-corrected chi connectivity index (χ4v) is 3.09. The molecule has 0 fully saturated rings. The van der Waals surface area contributed by atoms with Gasteiger partial charge in [-0.3, -0.25) is 0 Å². The Labute approximate surface area is 128 Å². The molecular formula is C10H14ClI2NO2. The van der Waals surface area contributed by atoms with Crippen molar-refractivity contribution in [3.05, 3.63) is 24.8 Å². The molecule has 0 amide bonds. The number of benzene rings is 1. The predicted molar refractivity (Wildman–Crippen MR) is 84.0 cm³/mol. The Morgan fingerprint density at radius 1 is 1.25 bits per heavy atom. The Morgan fingerprint density at radius 3 is 2.19 bits per heavy atom. The van der Waals surface area contributed by atoms with Gasteiger partial charge in [0.15, 0.2) is 0 Å². The molecule has 0 bridgehead atoms. The summed E-state index contributed by atoms with van der Waals surface area (Å²) in [6, 6.07) is 3.71. The highest BCUT2D eigenvalue weighted by Gasteiger charge is 2.11. The quantitative estimate of drug-likeness (QED) is 0.595. The molecular weight excluding hydrogens is 455 g/mol. The minimum atomic E-state index is -0.0696. The lowest BCUT2D eigenvalue weighted by molar-refractivity contribution is 0.280. The summed E-state index contributed by atoms with van der Waals surface area (Å²) in [4.78, 5) is 0. The number of hydrogen-bond acceptors (Lipinski definition) is 3. The monoisotopic (exact) mass is 469 g/mol. The second-order valence-corrected chi connectivity index (χ2v) is 5.63. The average molecular weight is 469 g/mol. The van der Waals surface area contributed by atoms with Crippen LogP contribution in [0.2, 0.25) is 0 Å². The van der Waals surface area contributed by atoms with Crippen molar-refractivity contribution in [1.29, 1.82) is 0 Å². The molecule has 1 rings (SSSR count). The second-order valence-electron chi connectivity index (χ2n) is 3.31. The van der Waals surface area contributed by atoms with Crippen molar-refractivity contribution < 1.29 is 10.2 Å². The number of aromatic hydroxyl groups is 1. The molecule has 3 nitrogen and oxygen atoms in total. The van der Waals surface area contributed by atoms with Gasteiger partial charge in [-0.25, -0.2) is 0 Å². The summed E-state index contributed by atoms with van der Waals surface area (Å²) < 4.78 is 1.63. The van der Waals surface area contributed by atoms with Crippen molar-refractivity contribution >= 4 is 57.6 Å². The summed E-state index contributed by atoms with van der Waals surface area (Å²) in [5.74, 6) is 0.314. The van der Waals surface area contributed by atoms with Gasteiger partial charge in [-0.2, -0.15) is 0 Å². The Morgan fingerprint density at radius 2 is 1.75 bits per heavy atom. The van der Waals surface area contributed by atoms with E-state index in [0.717, 1.165) is 19.1 Å². The summed E-state index contributed by atoms with van der Waals surface area (Å²) >= 11 is 4.17. The molecule has 1 aromatic rings. The Hall–Kier alpha value is 0.690. The maximum absolute atomic E-state index is 9.59. The Bertz CT molecular complexity index is 327. The van der Waals surface area contributed by atoms with E-state index in [0.29, 0.717) is 12.2 Å². The van der Waals surface area contributed by atoms with Crippen LogP contribution in [0.5, 0.6) is 5.75 Å². The first-order chi connectivity index (χ1) is 7.06. The maximum Gasteiger partial charge on any atom is 0.142 e. The Balaban J connectivity index is 0.00000225. The first-order valence-corrected chi connectivity index (χ1v) is 6.76. The first-order valence-electron chi connectivity index (χ1n) is 4.60. The third-order valence-electron chi connectivity index (χ3n) is 2.14.